The summed E-state index contributed by atoms with van der Waals surface area (Å²) in [6, 6.07) is 7.58. The highest BCUT2D eigenvalue weighted by molar-refractivity contribution is 5.94. The number of benzene rings is 1. The molecule has 2 aliphatic carbocycles. The van der Waals surface area contributed by atoms with Crippen LogP contribution in [0.4, 0.5) is 4.39 Å². The van der Waals surface area contributed by atoms with Gasteiger partial charge in [-0.3, -0.25) is 15.3 Å². The van der Waals surface area contributed by atoms with Gasteiger partial charge in [-0.25, -0.2) is 4.39 Å². The van der Waals surface area contributed by atoms with Gasteiger partial charge in [0, 0.05) is 48.1 Å². The first-order valence-corrected chi connectivity index (χ1v) is 12.0. The molecule has 1 aromatic rings. The van der Waals surface area contributed by atoms with E-state index in [1.54, 1.807) is 13.2 Å². The number of methoxy groups -OCH3 is 1. The summed E-state index contributed by atoms with van der Waals surface area (Å²) in [6.45, 7) is 0. The first kappa shape index (κ1) is 21.3. The van der Waals surface area contributed by atoms with Crippen LogP contribution in [0.15, 0.2) is 63.9 Å². The van der Waals surface area contributed by atoms with Crippen LogP contribution in [-0.2, 0) is 4.74 Å². The SMILES string of the molecule is COC1=CC(c2ccccc2F)=CC2C(=NC3CCCCC3)CC(C3=CN=CCC3)NC12. The fourth-order valence-corrected chi connectivity index (χ4v) is 5.51. The van der Waals surface area contributed by atoms with Gasteiger partial charge in [-0.1, -0.05) is 43.5 Å². The van der Waals surface area contributed by atoms with E-state index in [0.29, 0.717) is 11.6 Å². The zero-order chi connectivity index (χ0) is 21.9. The van der Waals surface area contributed by atoms with Crippen LogP contribution in [0.3, 0.4) is 0 Å². The van der Waals surface area contributed by atoms with Gasteiger partial charge in [0.25, 0.3) is 0 Å². The van der Waals surface area contributed by atoms with Crippen molar-refractivity contribution in [1.29, 1.82) is 0 Å². The molecule has 4 nitrogen and oxygen atoms in total. The van der Waals surface area contributed by atoms with E-state index >= 15 is 0 Å². The molecule has 0 bridgehead atoms. The molecule has 0 amide bonds. The predicted molar refractivity (Wildman–Crippen MR) is 128 cm³/mol. The fourth-order valence-electron chi connectivity index (χ4n) is 5.51. The number of hydrogen-bond acceptors (Lipinski definition) is 4. The number of allylic oxidation sites excluding steroid dienone is 2. The number of fused-ring (bicyclic) bond motifs is 1. The molecule has 3 atom stereocenters. The highest BCUT2D eigenvalue weighted by Crippen LogP contribution is 2.37. The van der Waals surface area contributed by atoms with Crippen LogP contribution in [0.5, 0.6) is 0 Å². The molecule has 168 valence electrons. The molecular weight excluding hydrogens is 401 g/mol. The summed E-state index contributed by atoms with van der Waals surface area (Å²) in [4.78, 5) is 9.75. The largest absolute Gasteiger partial charge is 0.499 e. The highest BCUT2D eigenvalue weighted by Gasteiger charge is 2.40. The van der Waals surface area contributed by atoms with Crippen molar-refractivity contribution in [2.24, 2.45) is 15.9 Å². The minimum Gasteiger partial charge on any atom is -0.499 e. The third-order valence-corrected chi connectivity index (χ3v) is 7.20. The number of nitrogens with zero attached hydrogens (tertiary/aromatic N) is 2. The number of piperidine rings is 1. The predicted octanol–water partition coefficient (Wildman–Crippen LogP) is 5.62. The smallest absolute Gasteiger partial charge is 0.131 e. The summed E-state index contributed by atoms with van der Waals surface area (Å²) in [6.07, 6.45) is 17.2. The highest BCUT2D eigenvalue weighted by atomic mass is 19.1. The van der Waals surface area contributed by atoms with E-state index in [4.69, 9.17) is 9.73 Å². The Morgan fingerprint density at radius 3 is 2.75 bits per heavy atom. The Hall–Kier alpha value is -2.53. The molecule has 1 saturated heterocycles. The summed E-state index contributed by atoms with van der Waals surface area (Å²) in [5.41, 5.74) is 4.04. The van der Waals surface area contributed by atoms with E-state index in [9.17, 15) is 4.39 Å². The second-order valence-electron chi connectivity index (χ2n) is 9.27. The Bertz CT molecular complexity index is 1000. The molecule has 0 aromatic heterocycles. The van der Waals surface area contributed by atoms with Crippen LogP contribution in [-0.4, -0.2) is 37.2 Å². The third-order valence-electron chi connectivity index (χ3n) is 7.20. The number of halogens is 1. The maximum Gasteiger partial charge on any atom is 0.131 e. The molecule has 2 heterocycles. The lowest BCUT2D eigenvalue weighted by atomic mass is 9.77. The van der Waals surface area contributed by atoms with E-state index in [2.05, 4.69) is 16.4 Å². The Balaban J connectivity index is 1.54. The molecule has 5 rings (SSSR count). The Kier molecular flexibility index (Phi) is 6.35. The summed E-state index contributed by atoms with van der Waals surface area (Å²) < 4.78 is 20.5. The van der Waals surface area contributed by atoms with E-state index in [1.165, 1.54) is 49.5 Å². The van der Waals surface area contributed by atoms with Crippen molar-refractivity contribution in [3.8, 4) is 0 Å². The zero-order valence-corrected chi connectivity index (χ0v) is 18.8. The van der Waals surface area contributed by atoms with Crippen LogP contribution in [0.25, 0.3) is 5.57 Å². The van der Waals surface area contributed by atoms with Crippen LogP contribution in [0.1, 0.15) is 56.9 Å². The molecule has 0 radical (unpaired) electrons. The number of rotatable bonds is 4. The Morgan fingerprint density at radius 1 is 1.16 bits per heavy atom. The van der Waals surface area contributed by atoms with Crippen molar-refractivity contribution in [3.05, 3.63) is 65.3 Å². The number of aliphatic imine (C=N–C) groups is 2. The second-order valence-corrected chi connectivity index (χ2v) is 9.27. The average Bonchev–Trinajstić information content (AvgIpc) is 2.85. The Labute approximate surface area is 190 Å². The van der Waals surface area contributed by atoms with Crippen molar-refractivity contribution in [3.63, 3.8) is 0 Å². The summed E-state index contributed by atoms with van der Waals surface area (Å²) in [5, 5.41) is 3.83. The van der Waals surface area contributed by atoms with Crippen molar-refractivity contribution in [2.45, 2.75) is 69.5 Å². The fraction of sp³-hybridized carbons (Fsp3) is 0.481. The van der Waals surface area contributed by atoms with Gasteiger partial charge in [-0.15, -0.1) is 0 Å². The van der Waals surface area contributed by atoms with Crippen molar-refractivity contribution in [1.82, 2.24) is 5.32 Å². The van der Waals surface area contributed by atoms with Gasteiger partial charge in [0.05, 0.1) is 13.2 Å². The van der Waals surface area contributed by atoms with Crippen LogP contribution in [0.2, 0.25) is 0 Å². The maximum atomic E-state index is 14.6. The third kappa shape index (κ3) is 4.36. The molecule has 2 aliphatic heterocycles. The van der Waals surface area contributed by atoms with E-state index in [-0.39, 0.29) is 23.8 Å². The maximum absolute atomic E-state index is 14.6. The number of nitrogens with one attached hydrogen (secondary N) is 1. The van der Waals surface area contributed by atoms with Gasteiger partial charge >= 0.3 is 0 Å². The van der Waals surface area contributed by atoms with Gasteiger partial charge in [0.1, 0.15) is 11.6 Å². The van der Waals surface area contributed by atoms with Crippen LogP contribution >= 0.6 is 0 Å². The van der Waals surface area contributed by atoms with Crippen molar-refractivity contribution >= 4 is 17.5 Å². The monoisotopic (exact) mass is 433 g/mol. The van der Waals surface area contributed by atoms with Gasteiger partial charge in [-0.2, -0.15) is 0 Å². The normalized spacial score (nSPS) is 29.8. The van der Waals surface area contributed by atoms with E-state index < -0.39 is 0 Å². The Morgan fingerprint density at radius 2 is 2.00 bits per heavy atom. The standard InChI is InChI=1S/C27H32FN3O/c1-32-26-15-19(21-11-5-6-12-23(21)28)14-22-25(30-20-9-3-2-4-10-20)16-24(31-27(22)26)18-8-7-13-29-17-18/h5-6,11-15,17,20,22,24,27,31H,2-4,7-10,16H2,1H3. The van der Waals surface area contributed by atoms with Crippen LogP contribution < -0.4 is 5.32 Å². The summed E-state index contributed by atoms with van der Waals surface area (Å²) in [7, 11) is 1.71. The molecule has 2 fully saturated rings. The van der Waals surface area contributed by atoms with Gasteiger partial charge in [0.15, 0.2) is 0 Å². The summed E-state index contributed by atoms with van der Waals surface area (Å²) >= 11 is 0. The van der Waals surface area contributed by atoms with Gasteiger partial charge in [0.2, 0.25) is 0 Å². The topological polar surface area (TPSA) is 46.0 Å². The minimum atomic E-state index is -0.207. The molecule has 3 unspecified atom stereocenters. The molecule has 0 spiro atoms. The molecule has 4 aliphatic rings. The van der Waals surface area contributed by atoms with Gasteiger partial charge in [-0.05, 0) is 49.0 Å². The van der Waals surface area contributed by atoms with Crippen molar-refractivity contribution < 1.29 is 9.13 Å². The molecule has 1 aromatic carbocycles. The average molecular weight is 434 g/mol. The molecule has 5 heteroatoms. The van der Waals surface area contributed by atoms with Gasteiger partial charge < -0.3 is 4.74 Å². The minimum absolute atomic E-state index is 0.00317. The first-order chi connectivity index (χ1) is 15.7. The lowest BCUT2D eigenvalue weighted by Gasteiger charge is -2.41. The second kappa shape index (κ2) is 9.53. The summed E-state index contributed by atoms with van der Waals surface area (Å²) in [5.74, 6) is 0.702. The quantitative estimate of drug-likeness (QED) is 0.670. The lowest BCUT2D eigenvalue weighted by Crippen LogP contribution is -2.54. The zero-order valence-electron chi connectivity index (χ0n) is 18.8. The molecule has 1 saturated carbocycles. The molecule has 32 heavy (non-hydrogen) atoms. The number of hydrogen-bond donors (Lipinski definition) is 1. The lowest BCUT2D eigenvalue weighted by molar-refractivity contribution is 0.228. The molecule has 1 N–H and O–H groups in total. The van der Waals surface area contributed by atoms with E-state index in [1.807, 2.05) is 30.6 Å². The molecular formula is C27H32FN3O. The first-order valence-electron chi connectivity index (χ1n) is 12.0. The number of ether oxygens (including phenoxy) is 1. The van der Waals surface area contributed by atoms with Crippen LogP contribution in [0, 0.1) is 11.7 Å². The van der Waals surface area contributed by atoms with E-state index in [0.717, 1.165) is 30.6 Å². The van der Waals surface area contributed by atoms with Crippen molar-refractivity contribution in [2.75, 3.05) is 7.11 Å².